The zero-order valence-corrected chi connectivity index (χ0v) is 72.1. The number of carbonyl (C=O) groups is 2. The second-order valence-electron chi connectivity index (χ2n) is 32.7. The van der Waals surface area contributed by atoms with Crippen LogP contribution in [0.2, 0.25) is 5.28 Å². The lowest BCUT2D eigenvalue weighted by molar-refractivity contribution is 0.0230. The summed E-state index contributed by atoms with van der Waals surface area (Å²) in [6, 6.07) is 17.5. The zero-order valence-electron chi connectivity index (χ0n) is 70.6. The summed E-state index contributed by atoms with van der Waals surface area (Å²) >= 11 is 5.71. The average Bonchev–Trinajstić information content (AvgIpc) is 0.779. The molecule has 9 heterocycles. The number of ether oxygens (including phenoxy) is 5. The van der Waals surface area contributed by atoms with E-state index in [2.05, 4.69) is 35.2 Å². The Hall–Kier alpha value is -11.2. The van der Waals surface area contributed by atoms with Gasteiger partial charge in [0.15, 0.2) is 87.1 Å². The quantitative estimate of drug-likeness (QED) is 0.0622. The molecule has 6 aliphatic rings. The molecule has 37 heteroatoms. The van der Waals surface area contributed by atoms with Crippen molar-refractivity contribution in [3.8, 4) is 51.0 Å². The molecule has 0 bridgehead atoms. The first-order valence-electron chi connectivity index (χ1n) is 40.3. The van der Waals surface area contributed by atoms with Gasteiger partial charge in [0.05, 0.1) is 78.0 Å². The molecule has 3 aromatic heterocycles. The third-order valence-corrected chi connectivity index (χ3v) is 21.0. The normalized spacial score (nSPS) is 15.2. The maximum absolute atomic E-state index is 15.3. The molecule has 124 heavy (non-hydrogen) atoms. The Balaban J connectivity index is 0.000000167. The second-order valence-corrected chi connectivity index (χ2v) is 33.0. The molecule has 6 aromatic carbocycles. The van der Waals surface area contributed by atoms with E-state index in [0.717, 1.165) is 24.7 Å². The molecule has 15 rings (SSSR count). The molecule has 0 spiro atoms. The van der Waals surface area contributed by atoms with Gasteiger partial charge in [0, 0.05) is 126 Å². The number of carbonyl (C=O) groups excluding carboxylic acids is 2. The van der Waals surface area contributed by atoms with Crippen LogP contribution in [0.5, 0.6) is 17.2 Å². The van der Waals surface area contributed by atoms with Gasteiger partial charge >= 0.3 is 12.2 Å². The van der Waals surface area contributed by atoms with E-state index in [1.807, 2.05) is 56.2 Å². The predicted octanol–water partition coefficient (Wildman–Crippen LogP) is 17.0. The van der Waals surface area contributed by atoms with E-state index in [0.29, 0.717) is 141 Å². The van der Waals surface area contributed by atoms with Gasteiger partial charge in [0.2, 0.25) is 5.28 Å². The number of hydrogen-bond donors (Lipinski definition) is 2. The SMILES string of the molecule is CC(C)(C)OC(=O)N1CCN(c2ccc(N)c(F)c2F)CC1.CC(C)N1CCOc2c(F)cc(-c3nc(Cc4ccc(N5CCN(C(=O)OC(C)(C)C)CC5)c(F)c4F)ncc3F)cc21.CC(C)N1CCOc2c(F)cc(-c3nc(Cc4ccc(N5CCNCC5)c(F)c4F)ncc3F)cc21.CC(C)N1CCOc2c(F)cc(-c3nc(Cl)ncc3F)cc21.Cl. The molecule has 9 aromatic rings. The van der Waals surface area contributed by atoms with Gasteiger partial charge in [-0.05, 0) is 166 Å². The van der Waals surface area contributed by atoms with Crippen molar-refractivity contribution in [2.24, 2.45) is 0 Å². The minimum absolute atomic E-state index is 0. The highest BCUT2D eigenvalue weighted by molar-refractivity contribution is 6.28. The number of fused-ring (bicyclic) bond motifs is 3. The Bertz CT molecular complexity index is 5350. The highest BCUT2D eigenvalue weighted by Crippen LogP contribution is 2.44. The fourth-order valence-corrected chi connectivity index (χ4v) is 14.9. The number of benzene rings is 6. The first kappa shape index (κ1) is 93.5. The van der Waals surface area contributed by atoms with Crippen molar-refractivity contribution in [2.75, 3.05) is 153 Å². The molecule has 0 aliphatic carbocycles. The maximum atomic E-state index is 15.3. The Morgan fingerprint density at radius 2 is 0.742 bits per heavy atom. The van der Waals surface area contributed by atoms with Crippen LogP contribution < -0.4 is 54.7 Å². The van der Waals surface area contributed by atoms with Crippen LogP contribution in [0.1, 0.15) is 106 Å². The molecule has 0 atom stereocenters. The summed E-state index contributed by atoms with van der Waals surface area (Å²) in [6.07, 6.45) is 1.68. The third-order valence-electron chi connectivity index (χ3n) is 20.8. The number of halogens is 14. The van der Waals surface area contributed by atoms with Crippen molar-refractivity contribution in [3.05, 3.63) is 189 Å². The molecule has 23 nitrogen and oxygen atoms in total. The van der Waals surface area contributed by atoms with Gasteiger partial charge in [-0.15, -0.1) is 12.4 Å². The minimum atomic E-state index is -1.06. The van der Waals surface area contributed by atoms with Gasteiger partial charge in [-0.3, -0.25) is 0 Å². The van der Waals surface area contributed by atoms with Crippen LogP contribution in [0.15, 0.2) is 91.4 Å². The number of anilines is 7. The van der Waals surface area contributed by atoms with Gasteiger partial charge in [-0.2, -0.15) is 0 Å². The van der Waals surface area contributed by atoms with E-state index in [9.17, 15) is 49.1 Å². The summed E-state index contributed by atoms with van der Waals surface area (Å²) in [5.74, 6) is -9.44. The van der Waals surface area contributed by atoms with E-state index < -0.39 is 93.2 Å². The maximum Gasteiger partial charge on any atom is 0.410 e. The number of rotatable bonds is 13. The van der Waals surface area contributed by atoms with Crippen molar-refractivity contribution in [1.82, 2.24) is 45.0 Å². The summed E-state index contributed by atoms with van der Waals surface area (Å²) in [5.41, 5.74) is 6.42. The lowest BCUT2D eigenvalue weighted by atomic mass is 10.1. The topological polar surface area (TPSA) is 222 Å². The van der Waals surface area contributed by atoms with Crippen molar-refractivity contribution in [2.45, 2.75) is 125 Å². The van der Waals surface area contributed by atoms with Crippen molar-refractivity contribution in [3.63, 3.8) is 0 Å². The summed E-state index contributed by atoms with van der Waals surface area (Å²) in [6.45, 7) is 30.8. The molecule has 3 saturated heterocycles. The van der Waals surface area contributed by atoms with Gasteiger partial charge in [-0.1, -0.05) is 12.1 Å². The molecule has 6 aliphatic heterocycles. The minimum Gasteiger partial charge on any atom is -0.486 e. The first-order valence-corrected chi connectivity index (χ1v) is 40.7. The fraction of sp³-hybridized carbons (Fsp3) is 0.425. The van der Waals surface area contributed by atoms with Crippen molar-refractivity contribution < 1.29 is 86.0 Å². The molecular formula is C87H98Cl2F12N16O7. The van der Waals surface area contributed by atoms with E-state index in [4.69, 9.17) is 41.0 Å². The number of aromatic nitrogens is 6. The monoisotopic (exact) mass is 1780 g/mol. The van der Waals surface area contributed by atoms with Gasteiger partial charge < -0.3 is 73.9 Å². The predicted molar refractivity (Wildman–Crippen MR) is 453 cm³/mol. The number of hydrogen-bond acceptors (Lipinski definition) is 21. The first-order chi connectivity index (χ1) is 58.3. The lowest BCUT2D eigenvalue weighted by Crippen LogP contribution is -2.50. The van der Waals surface area contributed by atoms with E-state index in [-0.39, 0.29) is 140 Å². The molecule has 3 N–H and O–H groups in total. The highest BCUT2D eigenvalue weighted by atomic mass is 35.5. The number of nitrogens with one attached hydrogen (secondary N) is 1. The molecule has 0 saturated carbocycles. The molecule has 0 radical (unpaired) electrons. The third kappa shape index (κ3) is 21.9. The Morgan fingerprint density at radius 1 is 0.419 bits per heavy atom. The summed E-state index contributed by atoms with van der Waals surface area (Å²) in [4.78, 5) is 62.4. The number of amides is 2. The van der Waals surface area contributed by atoms with Gasteiger partial charge in [-0.25, -0.2) is 92.2 Å². The average molecular weight is 1780 g/mol. The Morgan fingerprint density at radius 3 is 1.09 bits per heavy atom. The van der Waals surface area contributed by atoms with E-state index >= 15 is 13.2 Å². The van der Waals surface area contributed by atoms with Crippen molar-refractivity contribution >= 4 is 76.0 Å². The van der Waals surface area contributed by atoms with Crippen LogP contribution in [-0.4, -0.2) is 199 Å². The van der Waals surface area contributed by atoms with Crippen LogP contribution >= 0.6 is 24.0 Å². The largest absolute Gasteiger partial charge is 0.486 e. The molecule has 2 amide bonds. The van der Waals surface area contributed by atoms with Crippen LogP contribution in [-0.2, 0) is 22.3 Å². The number of nitrogens with zero attached hydrogens (tertiary/aromatic N) is 14. The summed E-state index contributed by atoms with van der Waals surface area (Å²) < 4.78 is 203. The summed E-state index contributed by atoms with van der Waals surface area (Å²) in [7, 11) is 0. The second kappa shape index (κ2) is 39.8. The lowest BCUT2D eigenvalue weighted by Gasteiger charge is -2.37. The Kier molecular flexibility index (Phi) is 30.0. The molecule has 3 fully saturated rings. The van der Waals surface area contributed by atoms with E-state index in [1.165, 1.54) is 47.4 Å². The van der Waals surface area contributed by atoms with Crippen LogP contribution in [0.4, 0.5) is 102 Å². The fourth-order valence-electron chi connectivity index (χ4n) is 14.7. The van der Waals surface area contributed by atoms with Gasteiger partial charge in [0.1, 0.15) is 59.8 Å². The molecular weight excluding hydrogens is 1680 g/mol. The van der Waals surface area contributed by atoms with E-state index in [1.54, 1.807) is 85.4 Å². The van der Waals surface area contributed by atoms with Crippen LogP contribution in [0.3, 0.4) is 0 Å². The van der Waals surface area contributed by atoms with Gasteiger partial charge in [0.25, 0.3) is 0 Å². The smallest absolute Gasteiger partial charge is 0.410 e. The summed E-state index contributed by atoms with van der Waals surface area (Å²) in [5, 5.41) is 3.08. The number of nitrogens with two attached hydrogens (primary N) is 1. The Labute approximate surface area is 722 Å². The van der Waals surface area contributed by atoms with Crippen LogP contribution in [0.25, 0.3) is 33.8 Å². The van der Waals surface area contributed by atoms with Crippen molar-refractivity contribution in [1.29, 1.82) is 0 Å². The molecule has 0 unspecified atom stereocenters. The zero-order chi connectivity index (χ0) is 88.8. The standard InChI is InChI=1S/C31H35F4N5O3.C26H27F4N5O.C15H14ClF2N3O.C15H21F2N3O2.ClH/c1-18(2)40-12-13-42-29-21(32)14-20(15-24(29)40)28-22(33)17-36-25(37-28)16-19-6-7-23(27(35)26(19)34)38-8-10-39(11-9-38)30(41)43-31(3,4)5;1-15(2)35-9-10-36-26-18(27)11-17(12-21(26)35)25-19(28)14-32-22(33-25)13-16-3-4-20(24(30)23(16)29)34-7-5-31-6-8-34;1-8(2)21-3-4-22-14-10(17)5-9(6-12(14)21)13-11(18)7-19-15(16)20-13;1-15(2,3)22-14(21)20-8-6-19(7-9-20)11-5-4-10(18)12(16)13(11)17;/h6-7,14-15,17-18H,8-13,16H2,1-5H3;3-4,11-12,14-15,31H,5-10,13H2,1-2H3;5-8H,3-4H2,1-2H3;4-5H,6-9,18H2,1-3H3;1H. The van der Waals surface area contributed by atoms with Crippen LogP contribution in [0, 0.1) is 69.8 Å². The number of piperazine rings is 3. The highest BCUT2D eigenvalue weighted by Gasteiger charge is 2.35. The molecule has 666 valence electrons. The number of nitrogen functional groups attached to an aromatic ring is 1.